The van der Waals surface area contributed by atoms with Gasteiger partial charge < -0.3 is 0 Å². The van der Waals surface area contributed by atoms with E-state index >= 15 is 0 Å². The van der Waals surface area contributed by atoms with Crippen molar-refractivity contribution < 1.29 is 0 Å². The zero-order valence-corrected chi connectivity index (χ0v) is 26.0. The SMILES string of the molecule is c1ccc(-c2c3cc(-c4ccc5c(c4)-c4cccc6cccc-5c46)cc4c5ccccc5c(c34)c3c4cccc5cccc(c23)c54)cc1. The van der Waals surface area contributed by atoms with Gasteiger partial charge >= 0.3 is 0 Å². The van der Waals surface area contributed by atoms with Crippen LogP contribution in [0.25, 0.3) is 120 Å². The van der Waals surface area contributed by atoms with E-state index in [4.69, 9.17) is 0 Å². The summed E-state index contributed by atoms with van der Waals surface area (Å²) in [5.41, 5.74) is 10.5. The van der Waals surface area contributed by atoms with Gasteiger partial charge in [-0.15, -0.1) is 0 Å². The van der Waals surface area contributed by atoms with E-state index in [9.17, 15) is 0 Å². The summed E-state index contributed by atoms with van der Waals surface area (Å²) in [6, 6.07) is 59.3. The molecule has 218 valence electrons. The fourth-order valence-corrected chi connectivity index (χ4v) is 9.38. The third-order valence-corrected chi connectivity index (χ3v) is 11.2. The minimum atomic E-state index is 1.26. The molecule has 1 aliphatic rings. The fourth-order valence-electron chi connectivity index (χ4n) is 9.38. The number of hydrogen-bond acceptors (Lipinski definition) is 0. The van der Waals surface area contributed by atoms with Gasteiger partial charge in [0.25, 0.3) is 0 Å². The lowest BCUT2D eigenvalue weighted by atomic mass is 9.88. The second-order valence-corrected chi connectivity index (χ2v) is 13.5. The van der Waals surface area contributed by atoms with E-state index in [0.29, 0.717) is 0 Å². The molecule has 0 unspecified atom stereocenters. The second-order valence-electron chi connectivity index (χ2n) is 13.5. The lowest BCUT2D eigenvalue weighted by Gasteiger charge is -2.15. The number of fused-ring (bicyclic) bond motifs is 10. The summed E-state index contributed by atoms with van der Waals surface area (Å²) >= 11 is 0. The molecule has 0 amide bonds. The molecule has 11 aromatic carbocycles. The van der Waals surface area contributed by atoms with Crippen LogP contribution in [0.2, 0.25) is 0 Å². The Bertz CT molecular complexity index is 3130. The molecule has 0 nitrogen and oxygen atoms in total. The molecule has 0 atom stereocenters. The zero-order chi connectivity index (χ0) is 31.1. The van der Waals surface area contributed by atoms with E-state index in [-0.39, 0.29) is 0 Å². The summed E-state index contributed by atoms with van der Waals surface area (Å²) in [5, 5.41) is 18.9. The fraction of sp³-hybridized carbons (Fsp3) is 0. The smallest absolute Gasteiger partial charge is 0.000697 e. The van der Waals surface area contributed by atoms with Gasteiger partial charge in [-0.3, -0.25) is 0 Å². The van der Waals surface area contributed by atoms with Crippen LogP contribution in [-0.4, -0.2) is 0 Å². The Labute approximate surface area is 276 Å². The number of rotatable bonds is 2. The van der Waals surface area contributed by atoms with Crippen molar-refractivity contribution in [3.05, 3.63) is 158 Å². The van der Waals surface area contributed by atoms with Crippen LogP contribution in [0.5, 0.6) is 0 Å². The normalized spacial score (nSPS) is 12.6. The summed E-state index contributed by atoms with van der Waals surface area (Å²) < 4.78 is 0. The topological polar surface area (TPSA) is 0 Å². The molecule has 1 aliphatic carbocycles. The Morgan fingerprint density at radius 3 is 1.62 bits per heavy atom. The minimum absolute atomic E-state index is 1.26. The maximum Gasteiger partial charge on any atom is -0.000697 e. The van der Waals surface area contributed by atoms with E-state index in [0.717, 1.165) is 0 Å². The first-order valence-corrected chi connectivity index (χ1v) is 16.9. The maximum atomic E-state index is 2.49. The molecule has 0 saturated heterocycles. The van der Waals surface area contributed by atoms with Crippen molar-refractivity contribution >= 4 is 75.4 Å². The standard InChI is InChI=1S/C48H26/c1-2-10-29(11-3-1)44-41-26-31(30-22-23-33-34-18-6-12-27-13-7-19-36(42(27)34)39(33)24-30)25-40-32-16-4-5-17-35(32)46(45(40)41)48-38-21-9-15-28-14-8-20-37(43(28)38)47(44)48/h1-26H. The predicted molar refractivity (Wildman–Crippen MR) is 207 cm³/mol. The Morgan fingerprint density at radius 1 is 0.229 bits per heavy atom. The predicted octanol–water partition coefficient (Wildman–Crippen LogP) is 13.6. The van der Waals surface area contributed by atoms with Crippen molar-refractivity contribution in [3.8, 4) is 44.5 Å². The van der Waals surface area contributed by atoms with Crippen LogP contribution in [0.1, 0.15) is 0 Å². The van der Waals surface area contributed by atoms with E-state index in [1.165, 1.54) is 120 Å². The lowest BCUT2D eigenvalue weighted by Crippen LogP contribution is -1.87. The van der Waals surface area contributed by atoms with Gasteiger partial charge in [-0.1, -0.05) is 140 Å². The molecule has 11 aromatic rings. The largest absolute Gasteiger partial charge is 0.0622 e. The number of benzene rings is 9. The van der Waals surface area contributed by atoms with Crippen LogP contribution < -0.4 is 0 Å². The first-order valence-electron chi connectivity index (χ1n) is 16.9. The average Bonchev–Trinajstić information content (AvgIpc) is 3.78. The first kappa shape index (κ1) is 24.9. The molecule has 48 heavy (non-hydrogen) atoms. The zero-order valence-electron chi connectivity index (χ0n) is 26.0. The summed E-state index contributed by atoms with van der Waals surface area (Å²) in [5.74, 6) is 0. The van der Waals surface area contributed by atoms with Crippen LogP contribution in [0.15, 0.2) is 158 Å². The highest BCUT2D eigenvalue weighted by Crippen LogP contribution is 2.54. The van der Waals surface area contributed by atoms with E-state index in [2.05, 4.69) is 158 Å². The molecular weight excluding hydrogens is 577 g/mol. The quantitative estimate of drug-likeness (QED) is 0.185. The van der Waals surface area contributed by atoms with E-state index < -0.39 is 0 Å². The average molecular weight is 603 g/mol. The molecule has 12 rings (SSSR count). The van der Waals surface area contributed by atoms with Gasteiger partial charge in [0.15, 0.2) is 0 Å². The lowest BCUT2D eigenvalue weighted by molar-refractivity contribution is 1.65. The molecule has 0 aliphatic heterocycles. The van der Waals surface area contributed by atoms with Crippen molar-refractivity contribution in [2.75, 3.05) is 0 Å². The molecular formula is C48H26. The third kappa shape index (κ3) is 2.97. The van der Waals surface area contributed by atoms with Crippen LogP contribution in [0.3, 0.4) is 0 Å². The molecule has 0 aromatic heterocycles. The van der Waals surface area contributed by atoms with Gasteiger partial charge in [0.2, 0.25) is 0 Å². The highest BCUT2D eigenvalue weighted by Gasteiger charge is 2.26. The third-order valence-electron chi connectivity index (χ3n) is 11.2. The molecule has 0 saturated carbocycles. The van der Waals surface area contributed by atoms with Gasteiger partial charge in [-0.25, -0.2) is 0 Å². The van der Waals surface area contributed by atoms with Crippen LogP contribution in [-0.2, 0) is 0 Å². The Morgan fingerprint density at radius 2 is 0.833 bits per heavy atom. The molecule has 0 heteroatoms. The van der Waals surface area contributed by atoms with Gasteiger partial charge in [0.05, 0.1) is 0 Å². The minimum Gasteiger partial charge on any atom is -0.0622 e. The van der Waals surface area contributed by atoms with Gasteiger partial charge in [-0.05, 0) is 138 Å². The molecule has 0 spiro atoms. The summed E-state index contributed by atoms with van der Waals surface area (Å²) in [4.78, 5) is 0. The van der Waals surface area contributed by atoms with E-state index in [1.807, 2.05) is 0 Å². The van der Waals surface area contributed by atoms with Crippen molar-refractivity contribution in [1.82, 2.24) is 0 Å². The highest BCUT2D eigenvalue weighted by molar-refractivity contribution is 6.48. The van der Waals surface area contributed by atoms with Crippen molar-refractivity contribution in [3.63, 3.8) is 0 Å². The van der Waals surface area contributed by atoms with Crippen molar-refractivity contribution in [2.24, 2.45) is 0 Å². The molecule has 0 radical (unpaired) electrons. The Balaban J connectivity index is 1.28. The van der Waals surface area contributed by atoms with Gasteiger partial charge in [0.1, 0.15) is 0 Å². The number of hydrogen-bond donors (Lipinski definition) is 0. The Kier molecular flexibility index (Phi) is 4.55. The maximum absolute atomic E-state index is 2.49. The second kappa shape index (κ2) is 8.76. The van der Waals surface area contributed by atoms with Crippen LogP contribution >= 0.6 is 0 Å². The van der Waals surface area contributed by atoms with Gasteiger partial charge in [0, 0.05) is 0 Å². The van der Waals surface area contributed by atoms with Crippen molar-refractivity contribution in [1.29, 1.82) is 0 Å². The molecule has 0 N–H and O–H groups in total. The summed E-state index contributed by atoms with van der Waals surface area (Å²) in [6.07, 6.45) is 0. The molecule has 0 heterocycles. The summed E-state index contributed by atoms with van der Waals surface area (Å²) in [7, 11) is 0. The molecule has 0 bridgehead atoms. The van der Waals surface area contributed by atoms with Crippen LogP contribution in [0, 0.1) is 0 Å². The molecule has 0 fully saturated rings. The monoisotopic (exact) mass is 602 g/mol. The highest BCUT2D eigenvalue weighted by atomic mass is 14.3. The van der Waals surface area contributed by atoms with Gasteiger partial charge in [-0.2, -0.15) is 0 Å². The first-order chi connectivity index (χ1) is 23.8. The van der Waals surface area contributed by atoms with Crippen LogP contribution in [0.4, 0.5) is 0 Å². The van der Waals surface area contributed by atoms with Crippen molar-refractivity contribution in [2.45, 2.75) is 0 Å². The summed E-state index contributed by atoms with van der Waals surface area (Å²) in [6.45, 7) is 0. The van der Waals surface area contributed by atoms with E-state index in [1.54, 1.807) is 0 Å². The Hall–Kier alpha value is -6.24.